The second-order valence-corrected chi connectivity index (χ2v) is 6.76. The topological polar surface area (TPSA) is 0 Å². The van der Waals surface area contributed by atoms with Crippen molar-refractivity contribution in [2.75, 3.05) is 0 Å². The van der Waals surface area contributed by atoms with Crippen LogP contribution in [0.15, 0.2) is 12.2 Å². The smallest absolute Gasteiger partial charge is 0.0262 e. The van der Waals surface area contributed by atoms with E-state index in [-0.39, 0.29) is 0 Å². The Balaban J connectivity index is 3.47. The molecule has 0 aromatic rings. The van der Waals surface area contributed by atoms with E-state index < -0.39 is 0 Å². The first-order chi connectivity index (χ1) is 9.06. The van der Waals surface area contributed by atoms with Gasteiger partial charge in [-0.3, -0.25) is 0 Å². The molecule has 0 heteroatoms. The maximum absolute atomic E-state index is 3.87. The predicted molar refractivity (Wildman–Crippen MR) is 89.2 cm³/mol. The van der Waals surface area contributed by atoms with Gasteiger partial charge in [0.25, 0.3) is 0 Å². The molecule has 19 heavy (non-hydrogen) atoms. The van der Waals surface area contributed by atoms with Crippen molar-refractivity contribution in [2.24, 2.45) is 17.8 Å². The third-order valence-electron chi connectivity index (χ3n) is 3.92. The minimum absolute atomic E-state index is 0.757. The minimum atomic E-state index is 0.757. The summed E-state index contributed by atoms with van der Waals surface area (Å²) >= 11 is 0. The predicted octanol–water partition coefficient (Wildman–Crippen LogP) is 6.82. The van der Waals surface area contributed by atoms with E-state index in [2.05, 4.69) is 46.8 Å². The molecule has 0 spiro atoms. The van der Waals surface area contributed by atoms with E-state index in [1.54, 1.807) is 0 Å². The van der Waals surface area contributed by atoms with E-state index in [0.29, 0.717) is 0 Å². The van der Waals surface area contributed by atoms with Gasteiger partial charge in [-0.15, -0.1) is 0 Å². The lowest BCUT2D eigenvalue weighted by atomic mass is 9.93. The van der Waals surface area contributed by atoms with Gasteiger partial charge in [-0.1, -0.05) is 85.3 Å². The summed E-state index contributed by atoms with van der Waals surface area (Å²) in [7, 11) is 0. The zero-order valence-electron chi connectivity index (χ0n) is 14.0. The SMILES string of the molecule is [CH2]CCCC=CC(C)CCCC(C)CCCC(C)C. The summed E-state index contributed by atoms with van der Waals surface area (Å²) in [5.41, 5.74) is 0. The number of hydrogen-bond acceptors (Lipinski definition) is 0. The molecule has 0 aliphatic heterocycles. The Morgan fingerprint density at radius 2 is 1.47 bits per heavy atom. The highest BCUT2D eigenvalue weighted by atomic mass is 14.1. The standard InChI is InChI=1S/C19H37/c1-6-7-8-9-13-18(4)15-11-16-19(5)14-10-12-17(2)3/h9,13,17-19H,1,6-8,10-12,14-16H2,2-5H3. The summed E-state index contributed by atoms with van der Waals surface area (Å²) in [6.07, 6.45) is 16.7. The number of rotatable bonds is 12. The molecule has 0 heterocycles. The molecule has 0 saturated heterocycles. The first kappa shape index (κ1) is 18.7. The molecule has 0 nitrogen and oxygen atoms in total. The van der Waals surface area contributed by atoms with Crippen LogP contribution in [0.5, 0.6) is 0 Å². The second kappa shape index (κ2) is 12.8. The molecule has 0 saturated carbocycles. The van der Waals surface area contributed by atoms with Gasteiger partial charge in [0, 0.05) is 0 Å². The Bertz CT molecular complexity index is 202. The van der Waals surface area contributed by atoms with Crippen LogP contribution in [0.1, 0.15) is 85.5 Å². The van der Waals surface area contributed by atoms with Gasteiger partial charge >= 0.3 is 0 Å². The van der Waals surface area contributed by atoms with Crippen molar-refractivity contribution in [2.45, 2.75) is 85.5 Å². The zero-order valence-corrected chi connectivity index (χ0v) is 14.0. The van der Waals surface area contributed by atoms with Crippen LogP contribution in [0.2, 0.25) is 0 Å². The van der Waals surface area contributed by atoms with Crippen LogP contribution < -0.4 is 0 Å². The van der Waals surface area contributed by atoms with Crippen LogP contribution in [0.4, 0.5) is 0 Å². The largest absolute Gasteiger partial charge is 0.0883 e. The average molecular weight is 266 g/mol. The van der Waals surface area contributed by atoms with Crippen LogP contribution in [0.3, 0.4) is 0 Å². The number of hydrogen-bond donors (Lipinski definition) is 0. The van der Waals surface area contributed by atoms with E-state index >= 15 is 0 Å². The average Bonchev–Trinajstić information content (AvgIpc) is 2.34. The number of allylic oxidation sites excluding steroid dienone is 2. The summed E-state index contributed by atoms with van der Waals surface area (Å²) in [5, 5.41) is 0. The molecular weight excluding hydrogens is 228 g/mol. The number of unbranched alkanes of at least 4 members (excludes halogenated alkanes) is 2. The van der Waals surface area contributed by atoms with Crippen molar-refractivity contribution in [3.05, 3.63) is 19.1 Å². The highest BCUT2D eigenvalue weighted by Gasteiger charge is 2.04. The fraction of sp³-hybridized carbons (Fsp3) is 0.842. The first-order valence-corrected chi connectivity index (χ1v) is 8.52. The van der Waals surface area contributed by atoms with Crippen molar-refractivity contribution in [3.8, 4) is 0 Å². The zero-order chi connectivity index (χ0) is 14.5. The van der Waals surface area contributed by atoms with Crippen molar-refractivity contribution < 1.29 is 0 Å². The molecule has 0 amide bonds. The quantitative estimate of drug-likeness (QED) is 0.268. The Kier molecular flexibility index (Phi) is 12.6. The van der Waals surface area contributed by atoms with Crippen molar-refractivity contribution >= 4 is 0 Å². The lowest BCUT2D eigenvalue weighted by Crippen LogP contribution is -1.98. The molecule has 0 aromatic carbocycles. The van der Waals surface area contributed by atoms with E-state index in [1.165, 1.54) is 51.4 Å². The van der Waals surface area contributed by atoms with Crippen LogP contribution >= 0.6 is 0 Å². The lowest BCUT2D eigenvalue weighted by molar-refractivity contribution is 0.413. The van der Waals surface area contributed by atoms with Gasteiger partial charge in [-0.05, 0) is 37.0 Å². The summed E-state index contributed by atoms with van der Waals surface area (Å²) in [6.45, 7) is 13.3. The van der Waals surface area contributed by atoms with Gasteiger partial charge in [-0.25, -0.2) is 0 Å². The molecular formula is C19H37. The van der Waals surface area contributed by atoms with E-state index in [9.17, 15) is 0 Å². The van der Waals surface area contributed by atoms with E-state index in [4.69, 9.17) is 0 Å². The Morgan fingerprint density at radius 3 is 2.05 bits per heavy atom. The summed E-state index contributed by atoms with van der Waals surface area (Å²) in [5.74, 6) is 2.55. The maximum Gasteiger partial charge on any atom is -0.0262 e. The molecule has 1 radical (unpaired) electrons. The molecule has 0 N–H and O–H groups in total. The van der Waals surface area contributed by atoms with Gasteiger partial charge < -0.3 is 0 Å². The Morgan fingerprint density at radius 1 is 0.842 bits per heavy atom. The molecule has 0 fully saturated rings. The van der Waals surface area contributed by atoms with Gasteiger partial charge in [0.2, 0.25) is 0 Å². The highest BCUT2D eigenvalue weighted by Crippen LogP contribution is 2.19. The summed E-state index contributed by atoms with van der Waals surface area (Å²) in [6, 6.07) is 0. The van der Waals surface area contributed by atoms with Crippen LogP contribution in [-0.4, -0.2) is 0 Å². The van der Waals surface area contributed by atoms with Gasteiger partial charge in [-0.2, -0.15) is 0 Å². The van der Waals surface area contributed by atoms with Gasteiger partial charge in [0.15, 0.2) is 0 Å². The van der Waals surface area contributed by atoms with Crippen LogP contribution in [0.25, 0.3) is 0 Å². The fourth-order valence-electron chi connectivity index (χ4n) is 2.49. The minimum Gasteiger partial charge on any atom is -0.0883 e. The summed E-state index contributed by atoms with van der Waals surface area (Å²) < 4.78 is 0. The van der Waals surface area contributed by atoms with E-state index in [1.807, 2.05) is 0 Å². The van der Waals surface area contributed by atoms with E-state index in [0.717, 1.165) is 24.2 Å². The van der Waals surface area contributed by atoms with Crippen molar-refractivity contribution in [1.29, 1.82) is 0 Å². The molecule has 0 aromatic heterocycles. The molecule has 0 aliphatic rings. The maximum atomic E-state index is 3.87. The molecule has 0 bridgehead atoms. The molecule has 113 valence electrons. The van der Waals surface area contributed by atoms with Crippen molar-refractivity contribution in [3.63, 3.8) is 0 Å². The van der Waals surface area contributed by atoms with Crippen LogP contribution in [-0.2, 0) is 0 Å². The molecule has 0 aliphatic carbocycles. The van der Waals surface area contributed by atoms with Crippen molar-refractivity contribution in [1.82, 2.24) is 0 Å². The monoisotopic (exact) mass is 265 g/mol. The lowest BCUT2D eigenvalue weighted by Gasteiger charge is -2.13. The summed E-state index contributed by atoms with van der Waals surface area (Å²) in [4.78, 5) is 0. The van der Waals surface area contributed by atoms with Crippen LogP contribution in [0, 0.1) is 24.7 Å². The van der Waals surface area contributed by atoms with Gasteiger partial charge in [0.05, 0.1) is 0 Å². The highest BCUT2D eigenvalue weighted by molar-refractivity contribution is 4.86. The van der Waals surface area contributed by atoms with Gasteiger partial charge in [0.1, 0.15) is 0 Å². The molecule has 2 unspecified atom stereocenters. The first-order valence-electron chi connectivity index (χ1n) is 8.52. The fourth-order valence-corrected chi connectivity index (χ4v) is 2.49. The second-order valence-electron chi connectivity index (χ2n) is 6.76. The Hall–Kier alpha value is -0.260. The molecule has 2 atom stereocenters. The third-order valence-corrected chi connectivity index (χ3v) is 3.92. The molecule has 0 rings (SSSR count). The normalized spacial score (nSPS) is 15.3. The Labute approximate surface area is 123 Å². The third kappa shape index (κ3) is 14.0.